The van der Waals surface area contributed by atoms with E-state index in [4.69, 9.17) is 5.14 Å². The van der Waals surface area contributed by atoms with Crippen LogP contribution in [0.5, 0.6) is 0 Å². The zero-order valence-corrected chi connectivity index (χ0v) is 15.5. The molecule has 132 valence electrons. The molecule has 0 spiro atoms. The fraction of sp³-hybridized carbons (Fsp3) is 0.571. The van der Waals surface area contributed by atoms with Crippen LogP contribution in [-0.2, 0) is 20.0 Å². The van der Waals surface area contributed by atoms with Crippen molar-refractivity contribution in [2.45, 2.75) is 49.6 Å². The maximum Gasteiger partial charge on any atom is 0.240 e. The Bertz CT molecular complexity index is 720. The van der Waals surface area contributed by atoms with Gasteiger partial charge in [-0.25, -0.2) is 26.7 Å². The monoisotopic (exact) mass is 363 g/mol. The Morgan fingerprint density at radius 1 is 1.04 bits per heavy atom. The lowest BCUT2D eigenvalue weighted by Crippen LogP contribution is -2.42. The van der Waals surface area contributed by atoms with E-state index in [2.05, 4.69) is 9.62 Å². The van der Waals surface area contributed by atoms with Gasteiger partial charge >= 0.3 is 0 Å². The fourth-order valence-electron chi connectivity index (χ4n) is 2.32. The highest BCUT2D eigenvalue weighted by Gasteiger charge is 2.18. The van der Waals surface area contributed by atoms with Gasteiger partial charge in [-0.15, -0.1) is 0 Å². The Morgan fingerprint density at radius 2 is 1.57 bits per heavy atom. The van der Waals surface area contributed by atoms with Gasteiger partial charge in [-0.05, 0) is 45.9 Å². The molecule has 0 heterocycles. The molecule has 0 radical (unpaired) electrons. The third kappa shape index (κ3) is 5.85. The normalized spacial score (nSPS) is 13.2. The van der Waals surface area contributed by atoms with Gasteiger partial charge < -0.3 is 0 Å². The van der Waals surface area contributed by atoms with E-state index in [1.54, 1.807) is 0 Å². The Hall–Kier alpha value is -1.00. The largest absolute Gasteiger partial charge is 0.297 e. The number of nitrogens with one attached hydrogen (secondary N) is 1. The summed E-state index contributed by atoms with van der Waals surface area (Å²) >= 11 is 0. The van der Waals surface area contributed by atoms with Crippen molar-refractivity contribution < 1.29 is 16.8 Å². The fourth-order valence-corrected chi connectivity index (χ4v) is 4.02. The van der Waals surface area contributed by atoms with Crippen molar-refractivity contribution in [1.29, 1.82) is 0 Å². The zero-order chi connectivity index (χ0) is 17.8. The molecular formula is C14H25N3O4S2. The Labute approximate surface area is 139 Å². The highest BCUT2D eigenvalue weighted by atomic mass is 32.2. The molecule has 0 aliphatic heterocycles. The van der Waals surface area contributed by atoms with E-state index in [-0.39, 0.29) is 16.3 Å². The third-order valence-corrected chi connectivity index (χ3v) is 5.80. The number of nitrogens with two attached hydrogens (primary N) is 1. The molecule has 0 unspecified atom stereocenters. The molecule has 23 heavy (non-hydrogen) atoms. The lowest BCUT2D eigenvalue weighted by Gasteiger charge is -2.30. The molecule has 9 heteroatoms. The minimum atomic E-state index is -3.94. The highest BCUT2D eigenvalue weighted by Crippen LogP contribution is 2.14. The lowest BCUT2D eigenvalue weighted by atomic mass is 10.2. The van der Waals surface area contributed by atoms with Crippen LogP contribution in [0.3, 0.4) is 0 Å². The van der Waals surface area contributed by atoms with Gasteiger partial charge in [0.15, 0.2) is 0 Å². The molecule has 0 fully saturated rings. The summed E-state index contributed by atoms with van der Waals surface area (Å²) < 4.78 is 49.7. The Balaban J connectivity index is 2.85. The number of primary sulfonamides is 1. The van der Waals surface area contributed by atoms with E-state index in [9.17, 15) is 16.8 Å². The van der Waals surface area contributed by atoms with Crippen molar-refractivity contribution in [2.75, 3.05) is 13.1 Å². The number of nitrogens with zero attached hydrogens (tertiary/aromatic N) is 1. The van der Waals surface area contributed by atoms with Crippen LogP contribution in [0, 0.1) is 0 Å². The maximum atomic E-state index is 12.3. The van der Waals surface area contributed by atoms with Crippen molar-refractivity contribution >= 4 is 20.0 Å². The van der Waals surface area contributed by atoms with E-state index in [0.29, 0.717) is 18.6 Å². The molecule has 0 saturated heterocycles. The molecule has 3 N–H and O–H groups in total. The number of hydrogen-bond donors (Lipinski definition) is 2. The first kappa shape index (κ1) is 20.0. The summed E-state index contributed by atoms with van der Waals surface area (Å²) in [6.45, 7) is 8.98. The zero-order valence-electron chi connectivity index (χ0n) is 13.9. The van der Waals surface area contributed by atoms with E-state index >= 15 is 0 Å². The molecule has 0 atom stereocenters. The molecule has 0 amide bonds. The predicted octanol–water partition coefficient (Wildman–Crippen LogP) is 0.731. The van der Waals surface area contributed by atoms with Crippen LogP contribution in [0.1, 0.15) is 27.7 Å². The predicted molar refractivity (Wildman–Crippen MR) is 90.0 cm³/mol. The van der Waals surface area contributed by atoms with Gasteiger partial charge in [0, 0.05) is 25.2 Å². The minimum Gasteiger partial charge on any atom is -0.297 e. The van der Waals surface area contributed by atoms with Crippen molar-refractivity contribution in [1.82, 2.24) is 9.62 Å². The second-order valence-corrected chi connectivity index (χ2v) is 9.17. The summed E-state index contributed by atoms with van der Waals surface area (Å²) in [6.07, 6.45) is 0. The lowest BCUT2D eigenvalue weighted by molar-refractivity contribution is 0.179. The second kappa shape index (κ2) is 7.71. The molecule has 1 aromatic rings. The average Bonchev–Trinajstić information content (AvgIpc) is 2.42. The summed E-state index contributed by atoms with van der Waals surface area (Å²) in [5.74, 6) is 0. The van der Waals surface area contributed by atoms with Crippen LogP contribution in [-0.4, -0.2) is 46.9 Å². The smallest absolute Gasteiger partial charge is 0.240 e. The van der Waals surface area contributed by atoms with Gasteiger partial charge in [0.25, 0.3) is 0 Å². The Morgan fingerprint density at radius 3 is 2.04 bits per heavy atom. The molecule has 0 saturated carbocycles. The van der Waals surface area contributed by atoms with Gasteiger partial charge in [-0.2, -0.15) is 0 Å². The first-order chi connectivity index (χ1) is 10.4. The maximum absolute atomic E-state index is 12.3. The first-order valence-corrected chi connectivity index (χ1v) is 10.4. The van der Waals surface area contributed by atoms with Crippen LogP contribution in [0.15, 0.2) is 34.1 Å². The van der Waals surface area contributed by atoms with E-state index < -0.39 is 20.0 Å². The molecule has 1 rings (SSSR count). The molecule has 0 aliphatic rings. The molecule has 7 nitrogen and oxygen atoms in total. The summed E-state index contributed by atoms with van der Waals surface area (Å²) in [5, 5.41) is 5.03. The minimum absolute atomic E-state index is 0.121. The van der Waals surface area contributed by atoms with Crippen LogP contribution >= 0.6 is 0 Å². The van der Waals surface area contributed by atoms with Crippen molar-refractivity contribution in [2.24, 2.45) is 5.14 Å². The van der Waals surface area contributed by atoms with E-state index in [1.165, 1.54) is 18.2 Å². The molecule has 1 aromatic carbocycles. The van der Waals surface area contributed by atoms with Crippen LogP contribution in [0.4, 0.5) is 0 Å². The van der Waals surface area contributed by atoms with Crippen LogP contribution in [0.25, 0.3) is 0 Å². The van der Waals surface area contributed by atoms with E-state index in [0.717, 1.165) is 6.07 Å². The number of rotatable bonds is 8. The number of hydrogen-bond acceptors (Lipinski definition) is 5. The quantitative estimate of drug-likeness (QED) is 0.707. The number of benzene rings is 1. The summed E-state index contributed by atoms with van der Waals surface area (Å²) in [7, 11) is -7.73. The summed E-state index contributed by atoms with van der Waals surface area (Å²) in [6, 6.07) is 5.59. The number of sulfonamides is 2. The highest BCUT2D eigenvalue weighted by molar-refractivity contribution is 7.90. The third-order valence-electron chi connectivity index (χ3n) is 3.43. The standard InChI is InChI=1S/C14H25N3O4S2/c1-11(2)17(12(3)4)9-8-16-23(20,21)14-7-5-6-13(10-14)22(15,18)19/h5-7,10-12,16H,8-9H2,1-4H3,(H2,15,18,19). The van der Waals surface area contributed by atoms with E-state index in [1.807, 2.05) is 27.7 Å². The molecule has 0 bridgehead atoms. The summed E-state index contributed by atoms with van der Waals surface area (Å²) in [4.78, 5) is 1.81. The van der Waals surface area contributed by atoms with Gasteiger partial charge in [0.05, 0.1) is 9.79 Å². The van der Waals surface area contributed by atoms with Crippen molar-refractivity contribution in [3.63, 3.8) is 0 Å². The first-order valence-electron chi connectivity index (χ1n) is 7.33. The second-order valence-electron chi connectivity index (χ2n) is 5.84. The summed E-state index contributed by atoms with van der Waals surface area (Å²) in [5.41, 5.74) is 0. The van der Waals surface area contributed by atoms with Crippen molar-refractivity contribution in [3.05, 3.63) is 24.3 Å². The van der Waals surface area contributed by atoms with Gasteiger partial charge in [0.2, 0.25) is 20.0 Å². The van der Waals surface area contributed by atoms with Gasteiger partial charge in [-0.1, -0.05) is 6.07 Å². The topological polar surface area (TPSA) is 110 Å². The van der Waals surface area contributed by atoms with Gasteiger partial charge in [-0.3, -0.25) is 4.90 Å². The molecular weight excluding hydrogens is 338 g/mol. The average molecular weight is 364 g/mol. The Kier molecular flexibility index (Phi) is 6.72. The van der Waals surface area contributed by atoms with Gasteiger partial charge in [0.1, 0.15) is 0 Å². The van der Waals surface area contributed by atoms with Crippen LogP contribution < -0.4 is 9.86 Å². The van der Waals surface area contributed by atoms with Crippen LogP contribution in [0.2, 0.25) is 0 Å². The molecule has 0 aliphatic carbocycles. The van der Waals surface area contributed by atoms with Crippen molar-refractivity contribution in [3.8, 4) is 0 Å². The molecule has 0 aromatic heterocycles. The SMILES string of the molecule is CC(C)N(CCNS(=O)(=O)c1cccc(S(N)(=O)=O)c1)C(C)C.